The maximum Gasteiger partial charge on any atom is 0.340 e. The van der Waals surface area contributed by atoms with Crippen LogP contribution in [0.25, 0.3) is 5.70 Å². The number of nitrogens with one attached hydrogen (secondary N) is 1. The molecule has 0 saturated carbocycles. The van der Waals surface area contributed by atoms with Crippen molar-refractivity contribution in [3.8, 4) is 0 Å². The fourth-order valence-corrected chi connectivity index (χ4v) is 4.05. The standard InChI is InChI=1S/C20H18BrFN4O2/c1-3-15(22)18(23-2)11-6-12-9-26(5-4-16(12)24-8-11)19-14(21)7-13-17(25-19)10-28-20(13)27/h3,6-8,23H,1,4-5,9-10H2,2H3/b18-15+. The predicted octanol–water partition coefficient (Wildman–Crippen LogP) is 3.52. The number of aromatic nitrogens is 2. The molecule has 0 unspecified atom stereocenters. The zero-order chi connectivity index (χ0) is 19.8. The van der Waals surface area contributed by atoms with E-state index in [1.165, 1.54) is 6.08 Å². The van der Waals surface area contributed by atoms with Gasteiger partial charge in [-0.1, -0.05) is 6.58 Å². The first-order valence-corrected chi connectivity index (χ1v) is 9.60. The first kappa shape index (κ1) is 18.6. The Morgan fingerprint density at radius 2 is 2.25 bits per heavy atom. The highest BCUT2D eigenvalue weighted by molar-refractivity contribution is 9.10. The van der Waals surface area contributed by atoms with E-state index in [0.717, 1.165) is 34.5 Å². The number of esters is 1. The number of pyridine rings is 2. The third-order valence-corrected chi connectivity index (χ3v) is 5.48. The molecule has 144 valence electrons. The highest BCUT2D eigenvalue weighted by Crippen LogP contribution is 2.33. The molecule has 0 saturated heterocycles. The Morgan fingerprint density at radius 3 is 3.00 bits per heavy atom. The van der Waals surface area contributed by atoms with Gasteiger partial charge in [0.05, 0.1) is 21.4 Å². The van der Waals surface area contributed by atoms with Crippen LogP contribution in [0.15, 0.2) is 41.3 Å². The quantitative estimate of drug-likeness (QED) is 0.574. The van der Waals surface area contributed by atoms with Crippen molar-refractivity contribution in [1.29, 1.82) is 0 Å². The minimum Gasteiger partial charge on any atom is -0.455 e. The third-order valence-electron chi connectivity index (χ3n) is 4.89. The lowest BCUT2D eigenvalue weighted by atomic mass is 10.0. The fourth-order valence-electron chi connectivity index (χ4n) is 3.48. The second-order valence-electron chi connectivity index (χ2n) is 6.54. The van der Waals surface area contributed by atoms with E-state index >= 15 is 0 Å². The Morgan fingerprint density at radius 1 is 1.43 bits per heavy atom. The maximum absolute atomic E-state index is 14.1. The Kier molecular flexibility index (Phi) is 4.89. The summed E-state index contributed by atoms with van der Waals surface area (Å²) in [7, 11) is 1.67. The SMILES string of the molecule is C=C/C(F)=C(\NC)c1cnc2c(c1)CN(c1nc3c(cc1Br)C(=O)OC3)CC2. The van der Waals surface area contributed by atoms with Crippen molar-refractivity contribution >= 4 is 33.4 Å². The van der Waals surface area contributed by atoms with Crippen LogP contribution in [0.2, 0.25) is 0 Å². The molecule has 8 heteroatoms. The highest BCUT2D eigenvalue weighted by atomic mass is 79.9. The number of nitrogens with zero attached hydrogens (tertiary/aromatic N) is 3. The monoisotopic (exact) mass is 444 g/mol. The van der Waals surface area contributed by atoms with E-state index in [2.05, 4.69) is 42.7 Å². The summed E-state index contributed by atoms with van der Waals surface area (Å²) in [5.41, 5.74) is 4.17. The molecule has 0 atom stereocenters. The van der Waals surface area contributed by atoms with E-state index in [1.807, 2.05) is 6.07 Å². The maximum atomic E-state index is 14.1. The van der Waals surface area contributed by atoms with Crippen molar-refractivity contribution in [2.45, 2.75) is 19.6 Å². The number of fused-ring (bicyclic) bond motifs is 2. The molecule has 0 fully saturated rings. The molecule has 0 radical (unpaired) electrons. The largest absolute Gasteiger partial charge is 0.455 e. The van der Waals surface area contributed by atoms with E-state index in [9.17, 15) is 9.18 Å². The van der Waals surface area contributed by atoms with E-state index < -0.39 is 5.83 Å². The molecule has 2 aliphatic heterocycles. The van der Waals surface area contributed by atoms with Crippen molar-refractivity contribution in [3.05, 3.63) is 69.4 Å². The number of hydrogen-bond acceptors (Lipinski definition) is 6. The molecule has 0 aromatic carbocycles. The van der Waals surface area contributed by atoms with Crippen LogP contribution in [0, 0.1) is 0 Å². The van der Waals surface area contributed by atoms with Crippen LogP contribution < -0.4 is 10.2 Å². The van der Waals surface area contributed by atoms with Gasteiger partial charge in [0.1, 0.15) is 18.3 Å². The summed E-state index contributed by atoms with van der Waals surface area (Å²) in [5, 5.41) is 2.87. The minimum absolute atomic E-state index is 0.196. The van der Waals surface area contributed by atoms with Crippen LogP contribution in [0.5, 0.6) is 0 Å². The fraction of sp³-hybridized carbons (Fsp3) is 0.250. The topological polar surface area (TPSA) is 67.4 Å². The summed E-state index contributed by atoms with van der Waals surface area (Å²) >= 11 is 3.52. The van der Waals surface area contributed by atoms with Crippen LogP contribution in [0.1, 0.15) is 32.9 Å². The number of cyclic esters (lactones) is 1. The van der Waals surface area contributed by atoms with Gasteiger partial charge in [-0.2, -0.15) is 0 Å². The van der Waals surface area contributed by atoms with Gasteiger partial charge in [0.2, 0.25) is 0 Å². The Bertz CT molecular complexity index is 1020. The molecule has 28 heavy (non-hydrogen) atoms. The van der Waals surface area contributed by atoms with Gasteiger partial charge in [-0.15, -0.1) is 0 Å². The number of anilines is 1. The van der Waals surface area contributed by atoms with E-state index in [0.29, 0.717) is 29.1 Å². The van der Waals surface area contributed by atoms with Gasteiger partial charge < -0.3 is 15.0 Å². The molecule has 2 aliphatic rings. The van der Waals surface area contributed by atoms with E-state index in [1.54, 1.807) is 19.3 Å². The molecule has 0 amide bonds. The lowest BCUT2D eigenvalue weighted by Crippen LogP contribution is -2.32. The molecular weight excluding hydrogens is 427 g/mol. The lowest BCUT2D eigenvalue weighted by Gasteiger charge is -2.30. The van der Waals surface area contributed by atoms with Crippen LogP contribution in [0.4, 0.5) is 10.2 Å². The Labute approximate surface area is 170 Å². The van der Waals surface area contributed by atoms with Gasteiger partial charge in [0.25, 0.3) is 0 Å². The summed E-state index contributed by atoms with van der Waals surface area (Å²) in [6.45, 7) is 5.01. The molecule has 2 aromatic rings. The second kappa shape index (κ2) is 7.35. The number of hydrogen-bond donors (Lipinski definition) is 1. The summed E-state index contributed by atoms with van der Waals surface area (Å²) in [4.78, 5) is 23.0. The highest BCUT2D eigenvalue weighted by Gasteiger charge is 2.27. The number of carbonyl (C=O) groups excluding carboxylic acids is 1. The second-order valence-corrected chi connectivity index (χ2v) is 7.40. The Hall–Kier alpha value is -2.74. The van der Waals surface area contributed by atoms with Gasteiger partial charge in [-0.25, -0.2) is 14.2 Å². The summed E-state index contributed by atoms with van der Waals surface area (Å²) in [6.07, 6.45) is 3.60. The summed E-state index contributed by atoms with van der Waals surface area (Å²) < 4.78 is 19.9. The number of rotatable bonds is 4. The average Bonchev–Trinajstić information content (AvgIpc) is 3.07. The van der Waals surface area contributed by atoms with Crippen LogP contribution in [-0.4, -0.2) is 29.5 Å². The molecule has 1 N–H and O–H groups in total. The third kappa shape index (κ3) is 3.17. The van der Waals surface area contributed by atoms with Gasteiger partial charge >= 0.3 is 5.97 Å². The van der Waals surface area contributed by atoms with Gasteiger partial charge in [-0.05, 0) is 39.7 Å². The van der Waals surface area contributed by atoms with E-state index in [-0.39, 0.29) is 12.6 Å². The summed E-state index contributed by atoms with van der Waals surface area (Å²) in [6, 6.07) is 3.70. The van der Waals surface area contributed by atoms with E-state index in [4.69, 9.17) is 4.74 Å². The molecule has 0 bridgehead atoms. The number of ether oxygens (including phenoxy) is 1. The van der Waals surface area contributed by atoms with Gasteiger partial charge in [-0.3, -0.25) is 4.98 Å². The smallest absolute Gasteiger partial charge is 0.340 e. The predicted molar refractivity (Wildman–Crippen MR) is 107 cm³/mol. The lowest BCUT2D eigenvalue weighted by molar-refractivity contribution is 0.0533. The molecule has 6 nitrogen and oxygen atoms in total. The number of carbonyl (C=O) groups is 1. The molecule has 4 heterocycles. The first-order chi connectivity index (χ1) is 13.5. The molecule has 0 aliphatic carbocycles. The summed E-state index contributed by atoms with van der Waals surface area (Å²) in [5.74, 6) is -0.0115. The minimum atomic E-state index is -0.426. The van der Waals surface area contributed by atoms with Crippen LogP contribution in [0.3, 0.4) is 0 Å². The van der Waals surface area contributed by atoms with Gasteiger partial charge in [0.15, 0.2) is 0 Å². The average molecular weight is 445 g/mol. The molecular formula is C20H18BrFN4O2. The van der Waals surface area contributed by atoms with Gasteiger partial charge in [0, 0.05) is 44.0 Å². The van der Waals surface area contributed by atoms with Crippen molar-refractivity contribution in [3.63, 3.8) is 0 Å². The van der Waals surface area contributed by atoms with Crippen molar-refractivity contribution in [1.82, 2.24) is 15.3 Å². The normalized spacial score (nSPS) is 16.1. The Balaban J connectivity index is 1.68. The zero-order valence-electron chi connectivity index (χ0n) is 15.3. The van der Waals surface area contributed by atoms with Crippen molar-refractivity contribution < 1.29 is 13.9 Å². The molecule has 2 aromatic heterocycles. The van der Waals surface area contributed by atoms with Crippen molar-refractivity contribution in [2.75, 3.05) is 18.5 Å². The molecule has 0 spiro atoms. The zero-order valence-corrected chi connectivity index (χ0v) is 16.8. The first-order valence-electron chi connectivity index (χ1n) is 8.81. The van der Waals surface area contributed by atoms with Crippen LogP contribution >= 0.6 is 15.9 Å². The number of halogens is 2. The van der Waals surface area contributed by atoms with Crippen molar-refractivity contribution in [2.24, 2.45) is 0 Å². The van der Waals surface area contributed by atoms with Crippen LogP contribution in [-0.2, 0) is 24.3 Å². The molecule has 4 rings (SSSR count). The number of allylic oxidation sites excluding steroid dienone is 2.